The number of hydrogen-bond donors (Lipinski definition) is 0. The van der Waals surface area contributed by atoms with Gasteiger partial charge in [0.2, 0.25) is 5.91 Å². The Labute approximate surface area is 115 Å². The summed E-state index contributed by atoms with van der Waals surface area (Å²) in [7, 11) is 0. The third-order valence-corrected chi connectivity index (χ3v) is 4.97. The lowest BCUT2D eigenvalue weighted by Gasteiger charge is -2.27. The van der Waals surface area contributed by atoms with Gasteiger partial charge in [-0.05, 0) is 31.7 Å². The predicted octanol–water partition coefficient (Wildman–Crippen LogP) is 3.58. The maximum Gasteiger partial charge on any atom is 0.225 e. The number of likely N-dealkylation sites (tertiary alicyclic amines) is 1. The fourth-order valence-corrected chi connectivity index (χ4v) is 3.80. The van der Waals surface area contributed by atoms with Crippen LogP contribution in [0, 0.1) is 5.92 Å². The van der Waals surface area contributed by atoms with Crippen LogP contribution >= 0.6 is 0 Å². The summed E-state index contributed by atoms with van der Waals surface area (Å²) >= 11 is 0. The number of nitrogens with zero attached hydrogens (tertiary/aromatic N) is 1. The number of amides is 1. The summed E-state index contributed by atoms with van der Waals surface area (Å²) in [6, 6.07) is 11.0. The van der Waals surface area contributed by atoms with Crippen molar-refractivity contribution in [1.29, 1.82) is 0 Å². The Morgan fingerprint density at radius 1 is 1.11 bits per heavy atom. The van der Waals surface area contributed by atoms with Crippen LogP contribution in [0.25, 0.3) is 0 Å². The van der Waals surface area contributed by atoms with Crippen LogP contribution in [0.2, 0.25) is 0 Å². The van der Waals surface area contributed by atoms with E-state index >= 15 is 0 Å². The molecule has 2 aliphatic rings. The fraction of sp³-hybridized carbons (Fsp3) is 0.588. The molecule has 1 heterocycles. The van der Waals surface area contributed by atoms with Crippen molar-refractivity contribution in [2.24, 2.45) is 5.92 Å². The van der Waals surface area contributed by atoms with Crippen molar-refractivity contribution in [2.45, 2.75) is 51.0 Å². The molecule has 1 aromatic rings. The topological polar surface area (TPSA) is 20.3 Å². The van der Waals surface area contributed by atoms with E-state index in [4.69, 9.17) is 0 Å². The average molecular weight is 257 g/mol. The molecule has 1 aromatic carbocycles. The van der Waals surface area contributed by atoms with Gasteiger partial charge in [-0.1, -0.05) is 43.2 Å². The van der Waals surface area contributed by atoms with E-state index < -0.39 is 0 Å². The third kappa shape index (κ3) is 2.41. The van der Waals surface area contributed by atoms with Crippen LogP contribution in [-0.4, -0.2) is 23.4 Å². The lowest BCUT2D eigenvalue weighted by Crippen LogP contribution is -2.38. The lowest BCUT2D eigenvalue weighted by atomic mass is 9.92. The Bertz CT molecular complexity index is 436. The van der Waals surface area contributed by atoms with Gasteiger partial charge in [-0.25, -0.2) is 0 Å². The van der Waals surface area contributed by atoms with Crippen LogP contribution in [0.1, 0.15) is 50.5 Å². The molecule has 1 aliphatic carbocycles. The van der Waals surface area contributed by atoms with E-state index in [0.717, 1.165) is 25.8 Å². The maximum atomic E-state index is 12.6. The molecule has 0 N–H and O–H groups in total. The number of hydrogen-bond acceptors (Lipinski definition) is 1. The molecule has 2 nitrogen and oxygen atoms in total. The molecule has 2 heteroatoms. The normalized spacial score (nSPS) is 27.9. The summed E-state index contributed by atoms with van der Waals surface area (Å²) in [5.74, 6) is 1.26. The SMILES string of the molecule is C[C@@H]1[C@H](c2ccccc2)CCN1C(=O)C1CCCC1. The van der Waals surface area contributed by atoms with Crippen LogP contribution in [0.4, 0.5) is 0 Å². The van der Waals surface area contributed by atoms with Crippen molar-refractivity contribution in [3.63, 3.8) is 0 Å². The molecule has 19 heavy (non-hydrogen) atoms. The molecule has 102 valence electrons. The minimum Gasteiger partial charge on any atom is -0.339 e. The van der Waals surface area contributed by atoms with E-state index in [1.54, 1.807) is 0 Å². The second-order valence-electron chi connectivity index (χ2n) is 6.06. The van der Waals surface area contributed by atoms with Gasteiger partial charge in [0, 0.05) is 24.4 Å². The minimum absolute atomic E-state index is 0.317. The molecular formula is C17H23NO. The zero-order valence-electron chi connectivity index (χ0n) is 11.7. The van der Waals surface area contributed by atoms with Gasteiger partial charge >= 0.3 is 0 Å². The molecule has 1 saturated carbocycles. The predicted molar refractivity (Wildman–Crippen MR) is 76.9 cm³/mol. The largest absolute Gasteiger partial charge is 0.339 e. The van der Waals surface area contributed by atoms with Crippen molar-refractivity contribution >= 4 is 5.91 Å². The molecule has 0 bridgehead atoms. The third-order valence-electron chi connectivity index (χ3n) is 4.97. The van der Waals surface area contributed by atoms with Gasteiger partial charge in [0.25, 0.3) is 0 Å². The zero-order chi connectivity index (χ0) is 13.2. The van der Waals surface area contributed by atoms with Crippen molar-refractivity contribution in [3.05, 3.63) is 35.9 Å². The molecular weight excluding hydrogens is 234 g/mol. The van der Waals surface area contributed by atoms with E-state index in [1.807, 2.05) is 0 Å². The Morgan fingerprint density at radius 3 is 2.47 bits per heavy atom. The molecule has 1 amide bonds. The molecule has 0 aromatic heterocycles. The fourth-order valence-electron chi connectivity index (χ4n) is 3.80. The van der Waals surface area contributed by atoms with Gasteiger partial charge in [0.05, 0.1) is 0 Å². The number of carbonyl (C=O) groups excluding carboxylic acids is 1. The standard InChI is InChI=1S/C17H23NO/c1-13-16(14-7-3-2-4-8-14)11-12-18(13)17(19)15-9-5-6-10-15/h2-4,7-8,13,15-16H,5-6,9-12H2,1H3/t13-,16-/m1/s1. The molecule has 0 unspecified atom stereocenters. The van der Waals surface area contributed by atoms with Gasteiger partial charge in [-0.3, -0.25) is 4.79 Å². The molecule has 2 atom stereocenters. The van der Waals surface area contributed by atoms with E-state index in [1.165, 1.54) is 18.4 Å². The highest BCUT2D eigenvalue weighted by Crippen LogP contribution is 2.36. The summed E-state index contributed by atoms with van der Waals surface area (Å²) in [6.45, 7) is 3.16. The highest BCUT2D eigenvalue weighted by molar-refractivity contribution is 5.79. The van der Waals surface area contributed by atoms with Crippen LogP contribution in [0.15, 0.2) is 30.3 Å². The monoisotopic (exact) mass is 257 g/mol. The number of benzene rings is 1. The van der Waals surface area contributed by atoms with Crippen LogP contribution in [0.3, 0.4) is 0 Å². The van der Waals surface area contributed by atoms with E-state index in [0.29, 0.717) is 23.8 Å². The van der Waals surface area contributed by atoms with Crippen molar-refractivity contribution in [3.8, 4) is 0 Å². The van der Waals surface area contributed by atoms with Crippen LogP contribution in [-0.2, 0) is 4.79 Å². The summed E-state index contributed by atoms with van der Waals surface area (Å²) in [5, 5.41) is 0. The highest BCUT2D eigenvalue weighted by atomic mass is 16.2. The Morgan fingerprint density at radius 2 is 1.79 bits per heavy atom. The smallest absolute Gasteiger partial charge is 0.225 e. The van der Waals surface area contributed by atoms with Gasteiger partial charge in [0.1, 0.15) is 0 Å². The Hall–Kier alpha value is -1.31. The van der Waals surface area contributed by atoms with E-state index in [2.05, 4.69) is 42.2 Å². The number of rotatable bonds is 2. The molecule has 0 radical (unpaired) electrons. The minimum atomic E-state index is 0.317. The average Bonchev–Trinajstić information content (AvgIpc) is 3.08. The number of carbonyl (C=O) groups is 1. The zero-order valence-corrected chi connectivity index (χ0v) is 11.7. The maximum absolute atomic E-state index is 12.6. The highest BCUT2D eigenvalue weighted by Gasteiger charge is 2.37. The second kappa shape index (κ2) is 5.36. The van der Waals surface area contributed by atoms with Gasteiger partial charge in [-0.2, -0.15) is 0 Å². The molecule has 1 saturated heterocycles. The van der Waals surface area contributed by atoms with Crippen LogP contribution in [0.5, 0.6) is 0 Å². The van der Waals surface area contributed by atoms with Crippen molar-refractivity contribution in [1.82, 2.24) is 4.90 Å². The first kappa shape index (κ1) is 12.7. The summed E-state index contributed by atoms with van der Waals surface area (Å²) in [4.78, 5) is 14.7. The molecule has 1 aliphatic heterocycles. The molecule has 2 fully saturated rings. The van der Waals surface area contributed by atoms with Gasteiger partial charge in [0.15, 0.2) is 0 Å². The summed E-state index contributed by atoms with van der Waals surface area (Å²) in [5.41, 5.74) is 1.39. The molecule has 3 rings (SSSR count). The first-order chi connectivity index (χ1) is 9.27. The summed E-state index contributed by atoms with van der Waals surface area (Å²) in [6.07, 6.45) is 5.81. The summed E-state index contributed by atoms with van der Waals surface area (Å²) < 4.78 is 0. The van der Waals surface area contributed by atoms with Crippen LogP contribution < -0.4 is 0 Å². The van der Waals surface area contributed by atoms with E-state index in [-0.39, 0.29) is 0 Å². The lowest BCUT2D eigenvalue weighted by molar-refractivity contribution is -0.136. The quantitative estimate of drug-likeness (QED) is 0.793. The van der Waals surface area contributed by atoms with Gasteiger partial charge in [-0.15, -0.1) is 0 Å². The Kier molecular flexibility index (Phi) is 3.58. The Balaban J connectivity index is 1.71. The van der Waals surface area contributed by atoms with Crippen molar-refractivity contribution < 1.29 is 4.79 Å². The second-order valence-corrected chi connectivity index (χ2v) is 6.06. The molecule has 0 spiro atoms. The first-order valence-corrected chi connectivity index (χ1v) is 7.63. The first-order valence-electron chi connectivity index (χ1n) is 7.63. The van der Waals surface area contributed by atoms with E-state index in [9.17, 15) is 4.79 Å². The van der Waals surface area contributed by atoms with Crippen molar-refractivity contribution in [2.75, 3.05) is 6.54 Å². The van der Waals surface area contributed by atoms with Gasteiger partial charge < -0.3 is 4.90 Å².